The Morgan fingerprint density at radius 3 is 2.35 bits per heavy atom. The molecule has 1 fully saturated rings. The van der Waals surface area contributed by atoms with Crippen LogP contribution in [0.2, 0.25) is 0 Å². The molecule has 2 atom stereocenters. The maximum atomic E-state index is 13.3. The predicted molar refractivity (Wildman–Crippen MR) is 104 cm³/mol. The van der Waals surface area contributed by atoms with Crippen LogP contribution in [0.15, 0.2) is 60.7 Å². The molecule has 2 aromatic rings. The first-order valence-corrected chi connectivity index (χ1v) is 9.38. The SMILES string of the molecule is CN(Cc1ccccc1)[C@@H](Cc1ccccc1)C(=O)N1CCC[C@H]1CO. The second-order valence-electron chi connectivity index (χ2n) is 7.12. The molecule has 1 amide bonds. The highest BCUT2D eigenvalue weighted by Gasteiger charge is 2.34. The van der Waals surface area contributed by atoms with Gasteiger partial charge in [0.05, 0.1) is 18.7 Å². The van der Waals surface area contributed by atoms with Gasteiger partial charge in [-0.3, -0.25) is 9.69 Å². The van der Waals surface area contributed by atoms with E-state index in [-0.39, 0.29) is 24.6 Å². The van der Waals surface area contributed by atoms with Crippen LogP contribution < -0.4 is 0 Å². The Balaban J connectivity index is 1.79. The van der Waals surface area contributed by atoms with Crippen molar-refractivity contribution >= 4 is 5.91 Å². The molecule has 1 heterocycles. The normalized spacial score (nSPS) is 18.3. The number of hydrogen-bond donors (Lipinski definition) is 1. The van der Waals surface area contributed by atoms with E-state index >= 15 is 0 Å². The number of benzene rings is 2. The first-order valence-electron chi connectivity index (χ1n) is 9.38. The molecule has 0 aliphatic carbocycles. The van der Waals surface area contributed by atoms with Crippen molar-refractivity contribution < 1.29 is 9.90 Å². The number of carbonyl (C=O) groups is 1. The number of likely N-dealkylation sites (tertiary alicyclic amines) is 1. The zero-order valence-corrected chi connectivity index (χ0v) is 15.4. The summed E-state index contributed by atoms with van der Waals surface area (Å²) < 4.78 is 0. The van der Waals surface area contributed by atoms with Crippen LogP contribution in [0, 0.1) is 0 Å². The Kier molecular flexibility index (Phi) is 6.42. The first-order chi connectivity index (χ1) is 12.7. The van der Waals surface area contributed by atoms with Crippen molar-refractivity contribution in [3.8, 4) is 0 Å². The van der Waals surface area contributed by atoms with Gasteiger partial charge in [0, 0.05) is 13.1 Å². The zero-order chi connectivity index (χ0) is 18.4. The van der Waals surface area contributed by atoms with Crippen molar-refractivity contribution in [2.75, 3.05) is 20.2 Å². The molecule has 1 aliphatic heterocycles. The van der Waals surface area contributed by atoms with Crippen molar-refractivity contribution in [1.82, 2.24) is 9.80 Å². The summed E-state index contributed by atoms with van der Waals surface area (Å²) in [6.45, 7) is 1.52. The lowest BCUT2D eigenvalue weighted by Gasteiger charge is -2.33. The molecule has 1 N–H and O–H groups in total. The van der Waals surface area contributed by atoms with Crippen LogP contribution >= 0.6 is 0 Å². The van der Waals surface area contributed by atoms with Gasteiger partial charge in [0.1, 0.15) is 0 Å². The molecule has 4 heteroatoms. The number of aliphatic hydroxyl groups excluding tert-OH is 1. The lowest BCUT2D eigenvalue weighted by Crippen LogP contribution is -2.50. The molecule has 3 rings (SSSR count). The molecular weight excluding hydrogens is 324 g/mol. The quantitative estimate of drug-likeness (QED) is 0.833. The standard InChI is InChI=1S/C22H28N2O2/c1-23(16-19-11-6-3-7-12-19)21(15-18-9-4-2-5-10-18)22(26)24-14-8-13-20(24)17-25/h2-7,9-12,20-21,25H,8,13-17H2,1H3/t20-,21-/m0/s1. The molecule has 138 valence electrons. The van der Waals surface area contributed by atoms with Gasteiger partial charge in [-0.1, -0.05) is 60.7 Å². The van der Waals surface area contributed by atoms with E-state index in [0.29, 0.717) is 6.42 Å². The molecule has 2 aromatic carbocycles. The minimum atomic E-state index is -0.232. The third-order valence-corrected chi connectivity index (χ3v) is 5.23. The van der Waals surface area contributed by atoms with Gasteiger partial charge in [-0.25, -0.2) is 0 Å². The molecule has 0 spiro atoms. The lowest BCUT2D eigenvalue weighted by molar-refractivity contribution is -0.138. The van der Waals surface area contributed by atoms with Gasteiger partial charge in [-0.15, -0.1) is 0 Å². The van der Waals surface area contributed by atoms with Gasteiger partial charge >= 0.3 is 0 Å². The van der Waals surface area contributed by atoms with E-state index in [1.54, 1.807) is 0 Å². The van der Waals surface area contributed by atoms with Gasteiger partial charge in [0.15, 0.2) is 0 Å². The summed E-state index contributed by atoms with van der Waals surface area (Å²) in [5, 5.41) is 9.62. The molecule has 1 saturated heterocycles. The second-order valence-corrected chi connectivity index (χ2v) is 7.12. The topological polar surface area (TPSA) is 43.8 Å². The highest BCUT2D eigenvalue weighted by Crippen LogP contribution is 2.21. The van der Waals surface area contributed by atoms with Crippen LogP contribution in [0.4, 0.5) is 0 Å². The van der Waals surface area contributed by atoms with Gasteiger partial charge in [0.25, 0.3) is 0 Å². The number of aliphatic hydroxyl groups is 1. The van der Waals surface area contributed by atoms with Gasteiger partial charge in [-0.05, 0) is 37.4 Å². The Labute approximate surface area is 156 Å². The Bertz CT molecular complexity index is 690. The van der Waals surface area contributed by atoms with Crippen LogP contribution in [0.3, 0.4) is 0 Å². The van der Waals surface area contributed by atoms with Gasteiger partial charge in [0.2, 0.25) is 5.91 Å². The average Bonchev–Trinajstić information content (AvgIpc) is 3.16. The van der Waals surface area contributed by atoms with Gasteiger partial charge < -0.3 is 10.0 Å². The smallest absolute Gasteiger partial charge is 0.240 e. The van der Waals surface area contributed by atoms with E-state index in [9.17, 15) is 9.90 Å². The molecule has 0 aromatic heterocycles. The molecule has 26 heavy (non-hydrogen) atoms. The summed E-state index contributed by atoms with van der Waals surface area (Å²) in [5.41, 5.74) is 2.35. The average molecular weight is 352 g/mol. The molecule has 4 nitrogen and oxygen atoms in total. The molecule has 0 saturated carbocycles. The highest BCUT2D eigenvalue weighted by atomic mass is 16.3. The predicted octanol–water partition coefficient (Wildman–Crippen LogP) is 2.71. The summed E-state index contributed by atoms with van der Waals surface area (Å²) in [6, 6.07) is 20.1. The fourth-order valence-electron chi connectivity index (χ4n) is 3.76. The van der Waals surface area contributed by atoms with E-state index in [0.717, 1.165) is 31.5 Å². The fraction of sp³-hybridized carbons (Fsp3) is 0.409. The van der Waals surface area contributed by atoms with Crippen LogP contribution in [0.5, 0.6) is 0 Å². The zero-order valence-electron chi connectivity index (χ0n) is 15.4. The van der Waals surface area contributed by atoms with E-state index in [1.165, 1.54) is 5.56 Å². The summed E-state index contributed by atoms with van der Waals surface area (Å²) >= 11 is 0. The molecule has 0 unspecified atom stereocenters. The number of hydrogen-bond acceptors (Lipinski definition) is 3. The monoisotopic (exact) mass is 352 g/mol. The summed E-state index contributed by atoms with van der Waals surface area (Å²) in [7, 11) is 2.02. The third kappa shape index (κ3) is 4.51. The van der Waals surface area contributed by atoms with E-state index in [4.69, 9.17) is 0 Å². The van der Waals surface area contributed by atoms with Gasteiger partial charge in [-0.2, -0.15) is 0 Å². The van der Waals surface area contributed by atoms with Crippen LogP contribution in [0.25, 0.3) is 0 Å². The van der Waals surface area contributed by atoms with E-state index in [1.807, 2.05) is 48.3 Å². The van der Waals surface area contributed by atoms with E-state index in [2.05, 4.69) is 29.2 Å². The Morgan fingerprint density at radius 2 is 1.73 bits per heavy atom. The summed E-state index contributed by atoms with van der Waals surface area (Å²) in [5.74, 6) is 0.129. The molecule has 0 bridgehead atoms. The maximum absolute atomic E-state index is 13.3. The van der Waals surface area contributed by atoms with Crippen LogP contribution in [-0.2, 0) is 17.8 Å². The van der Waals surface area contributed by atoms with Crippen molar-refractivity contribution in [3.63, 3.8) is 0 Å². The Hall–Kier alpha value is -2.17. The second kappa shape index (κ2) is 8.97. The maximum Gasteiger partial charge on any atom is 0.240 e. The highest BCUT2D eigenvalue weighted by molar-refractivity contribution is 5.82. The number of carbonyl (C=O) groups excluding carboxylic acids is 1. The summed E-state index contributed by atoms with van der Waals surface area (Å²) in [6.07, 6.45) is 2.54. The number of nitrogens with zero attached hydrogens (tertiary/aromatic N) is 2. The largest absolute Gasteiger partial charge is 0.394 e. The first kappa shape index (κ1) is 18.6. The van der Waals surface area contributed by atoms with Crippen LogP contribution in [0.1, 0.15) is 24.0 Å². The third-order valence-electron chi connectivity index (χ3n) is 5.23. The van der Waals surface area contributed by atoms with E-state index < -0.39 is 0 Å². The number of likely N-dealkylation sites (N-methyl/N-ethyl adjacent to an activating group) is 1. The lowest BCUT2D eigenvalue weighted by atomic mass is 10.0. The molecular formula is C22H28N2O2. The van der Waals surface area contributed by atoms with Crippen molar-refractivity contribution in [2.45, 2.75) is 37.9 Å². The minimum absolute atomic E-state index is 0.0362. The number of amides is 1. The van der Waals surface area contributed by atoms with Crippen molar-refractivity contribution in [2.24, 2.45) is 0 Å². The summed E-state index contributed by atoms with van der Waals surface area (Å²) in [4.78, 5) is 17.3. The molecule has 1 aliphatic rings. The van der Waals surface area contributed by atoms with Crippen molar-refractivity contribution in [1.29, 1.82) is 0 Å². The molecule has 0 radical (unpaired) electrons. The number of rotatable bonds is 7. The van der Waals surface area contributed by atoms with Crippen molar-refractivity contribution in [3.05, 3.63) is 71.8 Å². The fourth-order valence-corrected chi connectivity index (χ4v) is 3.76. The minimum Gasteiger partial charge on any atom is -0.394 e. The van der Waals surface area contributed by atoms with Crippen LogP contribution in [-0.4, -0.2) is 53.1 Å². The Morgan fingerprint density at radius 1 is 1.12 bits per heavy atom.